The van der Waals surface area contributed by atoms with Crippen molar-refractivity contribution in [2.24, 2.45) is 0 Å². The highest BCUT2D eigenvalue weighted by Crippen LogP contribution is 2.32. The van der Waals surface area contributed by atoms with Crippen molar-refractivity contribution in [1.82, 2.24) is 0 Å². The SMILES string of the molecule is CCc1ccccc1-c1cc(C(C)=O)ccc1O. The number of hydrogen-bond donors (Lipinski definition) is 1. The molecule has 0 bridgehead atoms. The molecule has 0 aliphatic heterocycles. The van der Waals surface area contributed by atoms with Crippen LogP contribution in [-0.2, 0) is 6.42 Å². The van der Waals surface area contributed by atoms with Gasteiger partial charge in [0.25, 0.3) is 0 Å². The van der Waals surface area contributed by atoms with Crippen molar-refractivity contribution in [3.63, 3.8) is 0 Å². The average molecular weight is 240 g/mol. The Kier molecular flexibility index (Phi) is 3.47. The zero-order valence-electron chi connectivity index (χ0n) is 10.6. The first kappa shape index (κ1) is 12.4. The molecular formula is C16H16O2. The minimum atomic E-state index is 0.00484. The Morgan fingerprint density at radius 3 is 2.50 bits per heavy atom. The largest absolute Gasteiger partial charge is 0.507 e. The molecule has 0 radical (unpaired) electrons. The first-order chi connectivity index (χ1) is 8.63. The van der Waals surface area contributed by atoms with Crippen molar-refractivity contribution >= 4 is 5.78 Å². The fraction of sp³-hybridized carbons (Fsp3) is 0.188. The van der Waals surface area contributed by atoms with Gasteiger partial charge in [-0.05, 0) is 42.7 Å². The topological polar surface area (TPSA) is 37.3 Å². The van der Waals surface area contributed by atoms with Crippen LogP contribution in [0.1, 0.15) is 29.8 Å². The van der Waals surface area contributed by atoms with Gasteiger partial charge in [0.1, 0.15) is 5.75 Å². The van der Waals surface area contributed by atoms with Crippen LogP contribution in [0.3, 0.4) is 0 Å². The van der Waals surface area contributed by atoms with Crippen LogP contribution in [0.25, 0.3) is 11.1 Å². The molecule has 0 saturated heterocycles. The number of phenolic OH excluding ortho intramolecular Hbond substituents is 1. The molecule has 0 spiro atoms. The van der Waals surface area contributed by atoms with Crippen LogP contribution in [0.2, 0.25) is 0 Å². The van der Waals surface area contributed by atoms with Crippen molar-refractivity contribution in [2.45, 2.75) is 20.3 Å². The molecule has 2 aromatic carbocycles. The monoisotopic (exact) mass is 240 g/mol. The third-order valence-electron chi connectivity index (χ3n) is 3.09. The van der Waals surface area contributed by atoms with Gasteiger partial charge < -0.3 is 5.11 Å². The smallest absolute Gasteiger partial charge is 0.159 e. The average Bonchev–Trinajstić information content (AvgIpc) is 2.39. The summed E-state index contributed by atoms with van der Waals surface area (Å²) in [6, 6.07) is 12.9. The van der Waals surface area contributed by atoms with Gasteiger partial charge >= 0.3 is 0 Å². The number of aryl methyl sites for hydroxylation is 1. The summed E-state index contributed by atoms with van der Waals surface area (Å²) in [5, 5.41) is 9.98. The number of phenols is 1. The minimum Gasteiger partial charge on any atom is -0.507 e. The summed E-state index contributed by atoms with van der Waals surface area (Å²) in [6.45, 7) is 3.60. The molecule has 0 unspecified atom stereocenters. The Labute approximate surface area is 107 Å². The van der Waals surface area contributed by atoms with Gasteiger partial charge in [-0.25, -0.2) is 0 Å². The standard InChI is InChI=1S/C16H16O2/c1-3-12-6-4-5-7-14(12)15-10-13(11(2)17)8-9-16(15)18/h4-10,18H,3H2,1-2H3. The van der Waals surface area contributed by atoms with E-state index in [-0.39, 0.29) is 11.5 Å². The highest BCUT2D eigenvalue weighted by Gasteiger charge is 2.10. The zero-order valence-corrected chi connectivity index (χ0v) is 10.6. The van der Waals surface area contributed by atoms with Crippen molar-refractivity contribution in [3.8, 4) is 16.9 Å². The minimum absolute atomic E-state index is 0.00484. The van der Waals surface area contributed by atoms with Gasteiger partial charge in [-0.3, -0.25) is 4.79 Å². The number of Topliss-reactive ketones (excluding diaryl/α,β-unsaturated/α-hetero) is 1. The summed E-state index contributed by atoms with van der Waals surface area (Å²) in [4.78, 5) is 11.4. The number of aromatic hydroxyl groups is 1. The molecule has 2 nitrogen and oxygen atoms in total. The maximum absolute atomic E-state index is 11.4. The Morgan fingerprint density at radius 1 is 1.11 bits per heavy atom. The van der Waals surface area contributed by atoms with Gasteiger partial charge in [0.2, 0.25) is 0 Å². The fourth-order valence-electron chi connectivity index (χ4n) is 2.06. The van der Waals surface area contributed by atoms with Gasteiger partial charge in [-0.2, -0.15) is 0 Å². The molecule has 0 aliphatic rings. The van der Waals surface area contributed by atoms with E-state index in [0.717, 1.165) is 23.1 Å². The number of carbonyl (C=O) groups is 1. The highest BCUT2D eigenvalue weighted by atomic mass is 16.3. The van der Waals surface area contributed by atoms with Crippen molar-refractivity contribution in [1.29, 1.82) is 0 Å². The molecule has 92 valence electrons. The molecular weight excluding hydrogens is 224 g/mol. The van der Waals surface area contributed by atoms with Crippen molar-refractivity contribution in [2.75, 3.05) is 0 Å². The number of benzene rings is 2. The van der Waals surface area contributed by atoms with Crippen LogP contribution >= 0.6 is 0 Å². The Hall–Kier alpha value is -2.09. The van der Waals surface area contributed by atoms with E-state index in [1.54, 1.807) is 18.2 Å². The molecule has 18 heavy (non-hydrogen) atoms. The molecule has 0 heterocycles. The quantitative estimate of drug-likeness (QED) is 0.828. The van der Waals surface area contributed by atoms with Crippen LogP contribution in [0.15, 0.2) is 42.5 Å². The third-order valence-corrected chi connectivity index (χ3v) is 3.09. The highest BCUT2D eigenvalue weighted by molar-refractivity contribution is 5.96. The van der Waals surface area contributed by atoms with Gasteiger partial charge in [-0.15, -0.1) is 0 Å². The predicted octanol–water partition coefficient (Wildman–Crippen LogP) is 3.82. The predicted molar refractivity (Wildman–Crippen MR) is 72.9 cm³/mol. The molecule has 0 fully saturated rings. The van der Waals surface area contributed by atoms with E-state index in [0.29, 0.717) is 5.56 Å². The molecule has 0 atom stereocenters. The van der Waals surface area contributed by atoms with E-state index in [4.69, 9.17) is 0 Å². The van der Waals surface area contributed by atoms with Crippen molar-refractivity contribution < 1.29 is 9.90 Å². The molecule has 2 rings (SSSR count). The first-order valence-electron chi connectivity index (χ1n) is 6.05. The second kappa shape index (κ2) is 5.05. The van der Waals surface area contributed by atoms with Crippen LogP contribution in [0, 0.1) is 0 Å². The molecule has 0 saturated carbocycles. The summed E-state index contributed by atoms with van der Waals surface area (Å²) in [6.07, 6.45) is 0.889. The van der Waals surface area contributed by atoms with E-state index in [2.05, 4.69) is 6.92 Å². The molecule has 0 amide bonds. The summed E-state index contributed by atoms with van der Waals surface area (Å²) in [7, 11) is 0. The van der Waals surface area contributed by atoms with E-state index in [1.165, 1.54) is 6.92 Å². The van der Waals surface area contributed by atoms with Crippen LogP contribution in [0.4, 0.5) is 0 Å². The van der Waals surface area contributed by atoms with Crippen molar-refractivity contribution in [3.05, 3.63) is 53.6 Å². The fourth-order valence-corrected chi connectivity index (χ4v) is 2.06. The lowest BCUT2D eigenvalue weighted by molar-refractivity contribution is 0.101. The summed E-state index contributed by atoms with van der Waals surface area (Å²) in [5.74, 6) is 0.214. The van der Waals surface area contributed by atoms with Crippen LogP contribution < -0.4 is 0 Å². The summed E-state index contributed by atoms with van der Waals surface area (Å²) >= 11 is 0. The van der Waals surface area contributed by atoms with Crippen LogP contribution in [-0.4, -0.2) is 10.9 Å². The number of carbonyl (C=O) groups excluding carboxylic acids is 1. The molecule has 0 aromatic heterocycles. The van der Waals surface area contributed by atoms with E-state index in [9.17, 15) is 9.90 Å². The lowest BCUT2D eigenvalue weighted by atomic mass is 9.95. The van der Waals surface area contributed by atoms with Gasteiger partial charge in [-0.1, -0.05) is 31.2 Å². The summed E-state index contributed by atoms with van der Waals surface area (Å²) < 4.78 is 0. The molecule has 2 aromatic rings. The van der Waals surface area contributed by atoms with E-state index >= 15 is 0 Å². The molecule has 1 N–H and O–H groups in total. The van der Waals surface area contributed by atoms with Gasteiger partial charge in [0.05, 0.1) is 0 Å². The van der Waals surface area contributed by atoms with E-state index < -0.39 is 0 Å². The van der Waals surface area contributed by atoms with Gasteiger partial charge in [0.15, 0.2) is 5.78 Å². The second-order valence-corrected chi connectivity index (χ2v) is 4.30. The Morgan fingerprint density at radius 2 is 1.83 bits per heavy atom. The number of hydrogen-bond acceptors (Lipinski definition) is 2. The Balaban J connectivity index is 2.62. The Bertz CT molecular complexity index is 585. The zero-order chi connectivity index (χ0) is 13.1. The number of ketones is 1. The third kappa shape index (κ3) is 2.28. The summed E-state index contributed by atoms with van der Waals surface area (Å²) in [5.41, 5.74) is 3.49. The van der Waals surface area contributed by atoms with Gasteiger partial charge in [0, 0.05) is 11.1 Å². The second-order valence-electron chi connectivity index (χ2n) is 4.30. The maximum Gasteiger partial charge on any atom is 0.159 e. The lowest BCUT2D eigenvalue weighted by Gasteiger charge is -2.10. The number of rotatable bonds is 3. The maximum atomic E-state index is 11.4. The lowest BCUT2D eigenvalue weighted by Crippen LogP contribution is -1.94. The normalized spacial score (nSPS) is 10.3. The van der Waals surface area contributed by atoms with E-state index in [1.807, 2.05) is 24.3 Å². The molecule has 0 aliphatic carbocycles. The van der Waals surface area contributed by atoms with Crippen LogP contribution in [0.5, 0.6) is 5.75 Å². The first-order valence-corrected chi connectivity index (χ1v) is 6.05. The molecule has 2 heteroatoms.